The predicted molar refractivity (Wildman–Crippen MR) is 73.1 cm³/mol. The molecule has 0 saturated carbocycles. The van der Waals surface area contributed by atoms with E-state index in [9.17, 15) is 9.59 Å². The number of hydrogen-bond donors (Lipinski definition) is 0. The number of aldehydes is 1. The molecule has 2 aromatic heterocycles. The molecule has 5 nitrogen and oxygen atoms in total. The minimum atomic E-state index is -0.239. The van der Waals surface area contributed by atoms with E-state index in [1.165, 1.54) is 0 Å². The van der Waals surface area contributed by atoms with Gasteiger partial charge in [0.25, 0.3) is 5.56 Å². The Bertz CT molecular complexity index is 653. The fourth-order valence-corrected chi connectivity index (χ4v) is 2.00. The SMILES string of the molecule is CC(C)Cn1cc(-c2cnn(C)c2)cc(C=O)c1=O. The third-order valence-corrected chi connectivity index (χ3v) is 2.84. The second kappa shape index (κ2) is 5.22. The summed E-state index contributed by atoms with van der Waals surface area (Å²) in [6, 6.07) is 1.61. The molecule has 0 atom stereocenters. The van der Waals surface area contributed by atoms with Crippen molar-refractivity contribution in [1.82, 2.24) is 14.3 Å². The molecule has 5 heteroatoms. The molecule has 19 heavy (non-hydrogen) atoms. The van der Waals surface area contributed by atoms with Crippen molar-refractivity contribution in [2.75, 3.05) is 0 Å². The van der Waals surface area contributed by atoms with Crippen molar-refractivity contribution < 1.29 is 4.79 Å². The summed E-state index contributed by atoms with van der Waals surface area (Å²) < 4.78 is 3.28. The molecule has 0 unspecified atom stereocenters. The minimum absolute atomic E-state index is 0.182. The maximum atomic E-state index is 12.0. The quantitative estimate of drug-likeness (QED) is 0.785. The Morgan fingerprint density at radius 1 is 1.32 bits per heavy atom. The molecule has 0 aliphatic heterocycles. The molecular weight excluding hydrogens is 242 g/mol. The van der Waals surface area contributed by atoms with Crippen molar-refractivity contribution in [1.29, 1.82) is 0 Å². The summed E-state index contributed by atoms with van der Waals surface area (Å²) in [5.74, 6) is 0.335. The molecule has 0 aromatic carbocycles. The van der Waals surface area contributed by atoms with Gasteiger partial charge in [-0.25, -0.2) is 0 Å². The van der Waals surface area contributed by atoms with Crippen LogP contribution in [0.15, 0.2) is 29.5 Å². The zero-order chi connectivity index (χ0) is 14.0. The first-order valence-corrected chi connectivity index (χ1v) is 6.20. The van der Waals surface area contributed by atoms with Gasteiger partial charge in [0, 0.05) is 37.1 Å². The van der Waals surface area contributed by atoms with E-state index < -0.39 is 0 Å². The van der Waals surface area contributed by atoms with Crippen LogP contribution in [0.5, 0.6) is 0 Å². The van der Waals surface area contributed by atoms with Gasteiger partial charge in [-0.3, -0.25) is 14.3 Å². The Hall–Kier alpha value is -2.17. The topological polar surface area (TPSA) is 56.9 Å². The summed E-state index contributed by atoms with van der Waals surface area (Å²) >= 11 is 0. The minimum Gasteiger partial charge on any atom is -0.314 e. The molecule has 0 aliphatic rings. The highest BCUT2D eigenvalue weighted by Gasteiger charge is 2.09. The van der Waals surface area contributed by atoms with Gasteiger partial charge in [0.2, 0.25) is 0 Å². The third-order valence-electron chi connectivity index (χ3n) is 2.84. The number of pyridine rings is 1. The van der Waals surface area contributed by atoms with E-state index >= 15 is 0 Å². The summed E-state index contributed by atoms with van der Waals surface area (Å²) in [7, 11) is 1.83. The van der Waals surface area contributed by atoms with Gasteiger partial charge in [0.05, 0.1) is 11.8 Å². The highest BCUT2D eigenvalue weighted by Crippen LogP contribution is 2.18. The zero-order valence-corrected chi connectivity index (χ0v) is 11.3. The molecule has 2 heterocycles. The second-order valence-electron chi connectivity index (χ2n) is 5.06. The first-order valence-electron chi connectivity index (χ1n) is 6.20. The number of nitrogens with zero attached hydrogens (tertiary/aromatic N) is 3. The van der Waals surface area contributed by atoms with Crippen LogP contribution in [-0.2, 0) is 13.6 Å². The Labute approximate surface area is 111 Å². The van der Waals surface area contributed by atoms with Gasteiger partial charge in [0.1, 0.15) is 0 Å². The predicted octanol–water partition coefficient (Wildman–Crippen LogP) is 1.72. The number of hydrogen-bond acceptors (Lipinski definition) is 3. The lowest BCUT2D eigenvalue weighted by Gasteiger charge is -2.11. The first kappa shape index (κ1) is 13.3. The van der Waals surface area contributed by atoms with E-state index in [1.54, 1.807) is 27.7 Å². The van der Waals surface area contributed by atoms with Crippen LogP contribution in [0.3, 0.4) is 0 Å². The summed E-state index contributed by atoms with van der Waals surface area (Å²) in [6.07, 6.45) is 5.97. The molecule has 2 aromatic rings. The van der Waals surface area contributed by atoms with Crippen LogP contribution >= 0.6 is 0 Å². The van der Waals surface area contributed by atoms with Crippen molar-refractivity contribution in [2.45, 2.75) is 20.4 Å². The van der Waals surface area contributed by atoms with E-state index in [2.05, 4.69) is 5.10 Å². The average Bonchev–Trinajstić information content (AvgIpc) is 2.78. The maximum absolute atomic E-state index is 12.0. The number of carbonyl (C=O) groups excluding carboxylic acids is 1. The van der Waals surface area contributed by atoms with Crippen LogP contribution in [0.25, 0.3) is 11.1 Å². The summed E-state index contributed by atoms with van der Waals surface area (Å²) in [6.45, 7) is 4.65. The van der Waals surface area contributed by atoms with Gasteiger partial charge < -0.3 is 4.57 Å². The molecule has 0 aliphatic carbocycles. The highest BCUT2D eigenvalue weighted by atomic mass is 16.1. The number of aryl methyl sites for hydroxylation is 1. The van der Waals surface area contributed by atoms with Crippen molar-refractivity contribution in [3.8, 4) is 11.1 Å². The average molecular weight is 259 g/mol. The molecule has 0 spiro atoms. The zero-order valence-electron chi connectivity index (χ0n) is 11.3. The molecule has 0 N–H and O–H groups in total. The molecule has 0 amide bonds. The number of rotatable bonds is 4. The maximum Gasteiger partial charge on any atom is 0.261 e. The lowest BCUT2D eigenvalue weighted by atomic mass is 10.1. The van der Waals surface area contributed by atoms with Crippen LogP contribution in [0.1, 0.15) is 24.2 Å². The van der Waals surface area contributed by atoms with Gasteiger partial charge in [-0.2, -0.15) is 5.10 Å². The van der Waals surface area contributed by atoms with E-state index in [-0.39, 0.29) is 11.1 Å². The van der Waals surface area contributed by atoms with Gasteiger partial charge in [0.15, 0.2) is 6.29 Å². The molecule has 0 bridgehead atoms. The van der Waals surface area contributed by atoms with Gasteiger partial charge in [-0.1, -0.05) is 13.8 Å². The van der Waals surface area contributed by atoms with Crippen molar-refractivity contribution in [2.24, 2.45) is 13.0 Å². The van der Waals surface area contributed by atoms with E-state index in [4.69, 9.17) is 0 Å². The van der Waals surface area contributed by atoms with E-state index in [0.717, 1.165) is 11.1 Å². The molecule has 0 saturated heterocycles. The Balaban J connectivity index is 2.56. The van der Waals surface area contributed by atoms with Gasteiger partial charge in [-0.15, -0.1) is 0 Å². The Kier molecular flexibility index (Phi) is 3.64. The van der Waals surface area contributed by atoms with Crippen LogP contribution in [-0.4, -0.2) is 20.6 Å². The molecule has 100 valence electrons. The summed E-state index contributed by atoms with van der Waals surface area (Å²) in [4.78, 5) is 23.1. The van der Waals surface area contributed by atoms with Gasteiger partial charge in [-0.05, 0) is 12.0 Å². The lowest BCUT2D eigenvalue weighted by molar-refractivity contribution is 0.112. The normalized spacial score (nSPS) is 10.9. The largest absolute Gasteiger partial charge is 0.314 e. The van der Waals surface area contributed by atoms with Crippen molar-refractivity contribution in [3.63, 3.8) is 0 Å². The fraction of sp³-hybridized carbons (Fsp3) is 0.357. The van der Waals surface area contributed by atoms with Crippen LogP contribution in [0.4, 0.5) is 0 Å². The fourth-order valence-electron chi connectivity index (χ4n) is 2.00. The van der Waals surface area contributed by atoms with Gasteiger partial charge >= 0.3 is 0 Å². The number of aromatic nitrogens is 3. The van der Waals surface area contributed by atoms with Crippen LogP contribution in [0, 0.1) is 5.92 Å². The monoisotopic (exact) mass is 259 g/mol. The molecule has 0 fully saturated rings. The Morgan fingerprint density at radius 3 is 2.58 bits per heavy atom. The molecule has 2 rings (SSSR count). The van der Waals surface area contributed by atoms with Crippen LogP contribution in [0.2, 0.25) is 0 Å². The lowest BCUT2D eigenvalue weighted by Crippen LogP contribution is -2.25. The summed E-state index contributed by atoms with van der Waals surface area (Å²) in [5.41, 5.74) is 1.66. The molecule has 0 radical (unpaired) electrons. The molecular formula is C14H17N3O2. The Morgan fingerprint density at radius 2 is 2.05 bits per heavy atom. The first-order chi connectivity index (χ1) is 9.01. The number of carbonyl (C=O) groups is 1. The van der Waals surface area contributed by atoms with E-state index in [0.29, 0.717) is 18.7 Å². The standard InChI is InChI=1S/C14H17N3O2/c1-10(2)6-17-8-11(4-12(9-18)14(17)19)13-5-15-16(3)7-13/h4-5,7-10H,6H2,1-3H3. The van der Waals surface area contributed by atoms with Crippen molar-refractivity contribution in [3.05, 3.63) is 40.6 Å². The highest BCUT2D eigenvalue weighted by molar-refractivity contribution is 5.77. The van der Waals surface area contributed by atoms with Crippen LogP contribution < -0.4 is 5.56 Å². The smallest absolute Gasteiger partial charge is 0.261 e. The third kappa shape index (κ3) is 2.81. The van der Waals surface area contributed by atoms with E-state index in [1.807, 2.05) is 27.1 Å². The van der Waals surface area contributed by atoms with Crippen molar-refractivity contribution >= 4 is 6.29 Å². The second-order valence-corrected chi connectivity index (χ2v) is 5.06. The summed E-state index contributed by atoms with van der Waals surface area (Å²) in [5, 5.41) is 4.10.